The average Bonchev–Trinajstić information content (AvgIpc) is 2.91. The second-order valence-electron chi connectivity index (χ2n) is 5.35. The van der Waals surface area contributed by atoms with Crippen LogP contribution in [-0.4, -0.2) is 55.3 Å². The van der Waals surface area contributed by atoms with Crippen molar-refractivity contribution in [1.82, 2.24) is 10.2 Å². The molecule has 2 heterocycles. The summed E-state index contributed by atoms with van der Waals surface area (Å²) in [6.45, 7) is 7.99. The second kappa shape index (κ2) is 6.37. The monoisotopic (exact) mass is 282 g/mol. The summed E-state index contributed by atoms with van der Waals surface area (Å²) in [5.41, 5.74) is 0. The molecule has 0 spiro atoms. The van der Waals surface area contributed by atoms with Crippen molar-refractivity contribution < 1.29 is 19.1 Å². The molecular weight excluding hydrogens is 260 g/mol. The van der Waals surface area contributed by atoms with Crippen molar-refractivity contribution in [3.8, 4) is 0 Å². The molecule has 2 fully saturated rings. The largest absolute Gasteiger partial charge is 0.350 e. The quantitative estimate of drug-likeness (QED) is 0.753. The van der Waals surface area contributed by atoms with E-state index < -0.39 is 5.79 Å². The summed E-state index contributed by atoms with van der Waals surface area (Å²) in [4.78, 5) is 25.3. The average molecular weight is 282 g/mol. The first kappa shape index (κ1) is 15.0. The Balaban J connectivity index is 1.74. The fourth-order valence-electron chi connectivity index (χ4n) is 2.54. The summed E-state index contributed by atoms with van der Waals surface area (Å²) < 4.78 is 10.9. The molecule has 112 valence electrons. The van der Waals surface area contributed by atoms with Gasteiger partial charge in [0.15, 0.2) is 5.79 Å². The molecule has 0 saturated carbocycles. The van der Waals surface area contributed by atoms with Crippen LogP contribution in [0.25, 0.3) is 0 Å². The van der Waals surface area contributed by atoms with E-state index in [-0.39, 0.29) is 17.7 Å². The highest BCUT2D eigenvalue weighted by molar-refractivity contribution is 5.87. The van der Waals surface area contributed by atoms with Gasteiger partial charge in [0, 0.05) is 19.0 Å². The zero-order valence-electron chi connectivity index (χ0n) is 11.9. The van der Waals surface area contributed by atoms with Crippen LogP contribution in [0.4, 0.5) is 0 Å². The first-order valence-electron chi connectivity index (χ1n) is 7.01. The van der Waals surface area contributed by atoms with Gasteiger partial charge < -0.3 is 19.7 Å². The van der Waals surface area contributed by atoms with Gasteiger partial charge in [0.2, 0.25) is 11.8 Å². The second-order valence-corrected chi connectivity index (χ2v) is 5.35. The van der Waals surface area contributed by atoms with E-state index >= 15 is 0 Å². The van der Waals surface area contributed by atoms with E-state index in [1.807, 2.05) is 6.92 Å². The van der Waals surface area contributed by atoms with Crippen molar-refractivity contribution in [3.05, 3.63) is 12.7 Å². The predicted molar refractivity (Wildman–Crippen MR) is 72.8 cm³/mol. The van der Waals surface area contributed by atoms with Gasteiger partial charge in [-0.2, -0.15) is 0 Å². The van der Waals surface area contributed by atoms with Crippen LogP contribution in [0.15, 0.2) is 12.7 Å². The lowest BCUT2D eigenvalue weighted by molar-refractivity contribution is -0.148. The fraction of sp³-hybridized carbons (Fsp3) is 0.714. The van der Waals surface area contributed by atoms with E-state index in [4.69, 9.17) is 9.47 Å². The zero-order valence-corrected chi connectivity index (χ0v) is 11.9. The fourth-order valence-corrected chi connectivity index (χ4v) is 2.54. The minimum atomic E-state index is -0.699. The first-order valence-corrected chi connectivity index (χ1v) is 7.01. The Hall–Kier alpha value is -1.40. The number of amides is 2. The number of likely N-dealkylation sites (tertiary alicyclic amines) is 1. The third kappa shape index (κ3) is 3.58. The van der Waals surface area contributed by atoms with Gasteiger partial charge in [-0.25, -0.2) is 0 Å². The first-order chi connectivity index (χ1) is 9.54. The summed E-state index contributed by atoms with van der Waals surface area (Å²) in [5, 5.41) is 2.88. The van der Waals surface area contributed by atoms with Crippen molar-refractivity contribution >= 4 is 11.8 Å². The van der Waals surface area contributed by atoms with E-state index in [9.17, 15) is 9.59 Å². The molecule has 6 nitrogen and oxygen atoms in total. The van der Waals surface area contributed by atoms with Gasteiger partial charge in [-0.3, -0.25) is 9.59 Å². The number of ether oxygens (including phenoxy) is 2. The Labute approximate surface area is 119 Å². The minimum Gasteiger partial charge on any atom is -0.350 e. The Bertz CT molecular complexity index is 383. The van der Waals surface area contributed by atoms with E-state index in [1.54, 1.807) is 4.90 Å². The summed E-state index contributed by atoms with van der Waals surface area (Å²) in [5.74, 6) is -0.802. The molecule has 0 bridgehead atoms. The van der Waals surface area contributed by atoms with Crippen LogP contribution in [0, 0.1) is 5.92 Å². The SMILES string of the molecule is C=CC(=O)N1CCC(C(=O)NCC2(C)OCCO2)CC1. The molecule has 0 unspecified atom stereocenters. The van der Waals surface area contributed by atoms with Crippen molar-refractivity contribution in [2.45, 2.75) is 25.6 Å². The molecule has 2 aliphatic heterocycles. The molecule has 6 heteroatoms. The van der Waals surface area contributed by atoms with Crippen LogP contribution >= 0.6 is 0 Å². The Morgan fingerprint density at radius 1 is 1.35 bits per heavy atom. The number of piperidine rings is 1. The van der Waals surface area contributed by atoms with Crippen LogP contribution in [0.5, 0.6) is 0 Å². The van der Waals surface area contributed by atoms with E-state index in [0.717, 1.165) is 0 Å². The van der Waals surface area contributed by atoms with Crippen LogP contribution in [-0.2, 0) is 19.1 Å². The van der Waals surface area contributed by atoms with Crippen molar-refractivity contribution in [2.24, 2.45) is 5.92 Å². The third-order valence-electron chi connectivity index (χ3n) is 3.83. The highest BCUT2D eigenvalue weighted by Gasteiger charge is 2.33. The lowest BCUT2D eigenvalue weighted by Gasteiger charge is -2.31. The molecule has 0 aliphatic carbocycles. The van der Waals surface area contributed by atoms with Gasteiger partial charge in [-0.05, 0) is 25.8 Å². The highest BCUT2D eigenvalue weighted by Crippen LogP contribution is 2.20. The van der Waals surface area contributed by atoms with Crippen LogP contribution < -0.4 is 5.32 Å². The van der Waals surface area contributed by atoms with Crippen LogP contribution in [0.2, 0.25) is 0 Å². The summed E-state index contributed by atoms with van der Waals surface area (Å²) in [6, 6.07) is 0. The van der Waals surface area contributed by atoms with Crippen molar-refractivity contribution in [1.29, 1.82) is 0 Å². The Kier molecular flexibility index (Phi) is 4.77. The lowest BCUT2D eigenvalue weighted by atomic mass is 9.95. The Morgan fingerprint density at radius 2 is 1.95 bits per heavy atom. The standard InChI is InChI=1S/C14H22N2O4/c1-3-12(17)16-6-4-11(5-7-16)13(18)15-10-14(2)19-8-9-20-14/h3,11H,1,4-10H2,2H3,(H,15,18). The predicted octanol–water partition coefficient (Wildman–Crippen LogP) is 0.290. The number of hydrogen-bond acceptors (Lipinski definition) is 4. The number of hydrogen-bond donors (Lipinski definition) is 1. The topological polar surface area (TPSA) is 67.9 Å². The molecule has 2 rings (SSSR count). The summed E-state index contributed by atoms with van der Waals surface area (Å²) in [6.07, 6.45) is 2.68. The maximum Gasteiger partial charge on any atom is 0.245 e. The molecule has 0 radical (unpaired) electrons. The minimum absolute atomic E-state index is 0.0102. The molecule has 2 aliphatic rings. The van der Waals surface area contributed by atoms with Crippen molar-refractivity contribution in [3.63, 3.8) is 0 Å². The van der Waals surface area contributed by atoms with Gasteiger partial charge in [-0.1, -0.05) is 6.58 Å². The van der Waals surface area contributed by atoms with Crippen LogP contribution in [0.3, 0.4) is 0 Å². The van der Waals surface area contributed by atoms with Crippen LogP contribution in [0.1, 0.15) is 19.8 Å². The summed E-state index contributed by atoms with van der Waals surface area (Å²) >= 11 is 0. The maximum absolute atomic E-state index is 12.1. The third-order valence-corrected chi connectivity index (χ3v) is 3.83. The van der Waals surface area contributed by atoms with Gasteiger partial charge in [0.25, 0.3) is 0 Å². The number of rotatable bonds is 4. The number of carbonyl (C=O) groups is 2. The number of carbonyl (C=O) groups excluding carboxylic acids is 2. The van der Waals surface area contributed by atoms with Gasteiger partial charge >= 0.3 is 0 Å². The zero-order chi connectivity index (χ0) is 14.6. The molecule has 0 aromatic heterocycles. The van der Waals surface area contributed by atoms with E-state index in [0.29, 0.717) is 45.7 Å². The molecule has 1 N–H and O–H groups in total. The summed E-state index contributed by atoms with van der Waals surface area (Å²) in [7, 11) is 0. The maximum atomic E-state index is 12.1. The van der Waals surface area contributed by atoms with Gasteiger partial charge in [0.1, 0.15) is 0 Å². The number of nitrogens with zero attached hydrogens (tertiary/aromatic N) is 1. The molecule has 0 aromatic carbocycles. The van der Waals surface area contributed by atoms with E-state index in [2.05, 4.69) is 11.9 Å². The Morgan fingerprint density at radius 3 is 2.50 bits per heavy atom. The highest BCUT2D eigenvalue weighted by atomic mass is 16.7. The number of nitrogens with one attached hydrogen (secondary N) is 1. The molecule has 0 aromatic rings. The van der Waals surface area contributed by atoms with Gasteiger partial charge in [0.05, 0.1) is 19.8 Å². The molecular formula is C14H22N2O4. The molecule has 0 atom stereocenters. The molecule has 20 heavy (non-hydrogen) atoms. The van der Waals surface area contributed by atoms with Gasteiger partial charge in [-0.15, -0.1) is 0 Å². The normalized spacial score (nSPS) is 22.6. The van der Waals surface area contributed by atoms with Crippen molar-refractivity contribution in [2.75, 3.05) is 32.8 Å². The molecule has 2 saturated heterocycles. The molecule has 2 amide bonds. The van der Waals surface area contributed by atoms with E-state index in [1.165, 1.54) is 6.08 Å². The smallest absolute Gasteiger partial charge is 0.245 e. The lowest BCUT2D eigenvalue weighted by Crippen LogP contribution is -2.46.